The second-order valence-corrected chi connectivity index (χ2v) is 4.67. The highest BCUT2D eigenvalue weighted by Crippen LogP contribution is 2.32. The third-order valence-corrected chi connectivity index (χ3v) is 3.21. The molecule has 1 saturated heterocycles. The van der Waals surface area contributed by atoms with E-state index < -0.39 is 17.6 Å². The van der Waals surface area contributed by atoms with E-state index in [4.69, 9.17) is 0 Å². The lowest BCUT2D eigenvalue weighted by atomic mass is 10.1. The molecule has 2 rings (SSSR count). The largest absolute Gasteiger partial charge is 0.416 e. The maximum atomic E-state index is 12.9. The van der Waals surface area contributed by atoms with Crippen molar-refractivity contribution in [2.24, 2.45) is 0 Å². The van der Waals surface area contributed by atoms with Crippen LogP contribution < -0.4 is 10.6 Å². The second-order valence-electron chi connectivity index (χ2n) is 4.67. The molecule has 1 amide bonds. The first-order valence-electron chi connectivity index (χ1n) is 6.24. The lowest BCUT2D eigenvalue weighted by Gasteiger charge is -2.15. The zero-order chi connectivity index (χ0) is 14.8. The molecule has 3 nitrogen and oxygen atoms in total. The quantitative estimate of drug-likeness (QED) is 0.838. The molecule has 110 valence electrons. The van der Waals surface area contributed by atoms with Crippen molar-refractivity contribution in [3.05, 3.63) is 35.1 Å². The van der Waals surface area contributed by atoms with Crippen LogP contribution in [0.15, 0.2) is 18.2 Å². The first kappa shape index (κ1) is 14.8. The van der Waals surface area contributed by atoms with Gasteiger partial charge in [-0.2, -0.15) is 13.2 Å². The number of amides is 1. The Morgan fingerprint density at radius 3 is 2.75 bits per heavy atom. The van der Waals surface area contributed by atoms with E-state index in [0.29, 0.717) is 12.5 Å². The maximum absolute atomic E-state index is 12.9. The topological polar surface area (TPSA) is 41.1 Å². The van der Waals surface area contributed by atoms with E-state index in [9.17, 15) is 22.4 Å². The van der Waals surface area contributed by atoms with Gasteiger partial charge in [0.25, 0.3) is 0 Å². The Morgan fingerprint density at radius 2 is 2.15 bits per heavy atom. The number of nitrogens with one attached hydrogen (secondary N) is 2. The molecule has 0 saturated carbocycles. The molecule has 0 radical (unpaired) electrons. The van der Waals surface area contributed by atoms with Gasteiger partial charge < -0.3 is 10.6 Å². The van der Waals surface area contributed by atoms with E-state index in [2.05, 4.69) is 10.6 Å². The van der Waals surface area contributed by atoms with E-state index in [1.54, 1.807) is 0 Å². The molecule has 0 spiro atoms. The Morgan fingerprint density at radius 1 is 1.40 bits per heavy atom. The van der Waals surface area contributed by atoms with Crippen molar-refractivity contribution in [1.29, 1.82) is 0 Å². The van der Waals surface area contributed by atoms with Gasteiger partial charge in [-0.3, -0.25) is 4.79 Å². The summed E-state index contributed by atoms with van der Waals surface area (Å²) in [6.07, 6.45) is -3.11. The van der Waals surface area contributed by atoms with Gasteiger partial charge in [-0.05, 0) is 37.1 Å². The third kappa shape index (κ3) is 3.47. The lowest BCUT2D eigenvalue weighted by Crippen LogP contribution is -2.40. The van der Waals surface area contributed by atoms with Crippen molar-refractivity contribution in [2.45, 2.75) is 31.6 Å². The molecule has 1 aliphatic heterocycles. The minimum atomic E-state index is -4.65. The summed E-state index contributed by atoms with van der Waals surface area (Å²) in [6.45, 7) is 0.453. The van der Waals surface area contributed by atoms with Crippen molar-refractivity contribution in [3.63, 3.8) is 0 Å². The van der Waals surface area contributed by atoms with Gasteiger partial charge in [-0.25, -0.2) is 4.39 Å². The number of benzene rings is 1. The fourth-order valence-corrected chi connectivity index (χ4v) is 2.18. The summed E-state index contributed by atoms with van der Waals surface area (Å²) in [6, 6.07) is 2.07. The van der Waals surface area contributed by atoms with Crippen LogP contribution >= 0.6 is 0 Å². The zero-order valence-corrected chi connectivity index (χ0v) is 10.6. The van der Waals surface area contributed by atoms with Gasteiger partial charge >= 0.3 is 6.18 Å². The third-order valence-electron chi connectivity index (χ3n) is 3.21. The van der Waals surface area contributed by atoms with Crippen LogP contribution in [0, 0.1) is 5.82 Å². The van der Waals surface area contributed by atoms with Crippen LogP contribution in [-0.4, -0.2) is 18.5 Å². The van der Waals surface area contributed by atoms with Gasteiger partial charge in [0, 0.05) is 6.54 Å². The van der Waals surface area contributed by atoms with Crippen molar-refractivity contribution >= 4 is 5.91 Å². The van der Waals surface area contributed by atoms with Crippen LogP contribution in [0.3, 0.4) is 0 Å². The molecule has 1 heterocycles. The molecular weight excluding hydrogens is 276 g/mol. The van der Waals surface area contributed by atoms with Crippen LogP contribution in [0.5, 0.6) is 0 Å². The molecule has 2 N–H and O–H groups in total. The van der Waals surface area contributed by atoms with Crippen molar-refractivity contribution in [2.75, 3.05) is 6.54 Å². The first-order valence-corrected chi connectivity index (χ1v) is 6.24. The second kappa shape index (κ2) is 5.78. The number of alkyl halides is 3. The number of hydrogen-bond acceptors (Lipinski definition) is 2. The fraction of sp³-hybridized carbons (Fsp3) is 0.462. The van der Waals surface area contributed by atoms with Crippen LogP contribution in [0.2, 0.25) is 0 Å². The van der Waals surface area contributed by atoms with E-state index >= 15 is 0 Å². The molecule has 20 heavy (non-hydrogen) atoms. The molecule has 1 aromatic carbocycles. The van der Waals surface area contributed by atoms with Crippen LogP contribution in [-0.2, 0) is 17.5 Å². The minimum Gasteiger partial charge on any atom is -0.351 e. The van der Waals surface area contributed by atoms with E-state index in [0.717, 1.165) is 25.1 Å². The molecule has 1 atom stereocenters. The Hall–Kier alpha value is -1.63. The van der Waals surface area contributed by atoms with Gasteiger partial charge in [-0.15, -0.1) is 0 Å². The Bertz CT molecular complexity index is 496. The Labute approximate surface area is 113 Å². The van der Waals surface area contributed by atoms with Gasteiger partial charge in [0.2, 0.25) is 5.91 Å². The Balaban J connectivity index is 2.07. The first-order chi connectivity index (χ1) is 9.38. The summed E-state index contributed by atoms with van der Waals surface area (Å²) in [5, 5.41) is 5.40. The number of carbonyl (C=O) groups excluding carboxylic acids is 1. The minimum absolute atomic E-state index is 0.148. The van der Waals surface area contributed by atoms with Gasteiger partial charge in [0.1, 0.15) is 5.82 Å². The van der Waals surface area contributed by atoms with Gasteiger partial charge in [0.05, 0.1) is 11.6 Å². The number of rotatable bonds is 3. The van der Waals surface area contributed by atoms with E-state index in [1.807, 2.05) is 0 Å². The molecule has 7 heteroatoms. The van der Waals surface area contributed by atoms with Gasteiger partial charge in [0.15, 0.2) is 0 Å². The smallest absolute Gasteiger partial charge is 0.351 e. The lowest BCUT2D eigenvalue weighted by molar-refractivity contribution is -0.138. The van der Waals surface area contributed by atoms with Gasteiger partial charge in [-0.1, -0.05) is 6.07 Å². The summed E-state index contributed by atoms with van der Waals surface area (Å²) < 4.78 is 51.2. The monoisotopic (exact) mass is 290 g/mol. The van der Waals surface area contributed by atoms with Crippen molar-refractivity contribution in [1.82, 2.24) is 10.6 Å². The standard InChI is InChI=1S/C13H14F4N2O/c14-9-4-3-8(10(6-9)13(15,16)17)7-19-12(20)11-2-1-5-18-11/h3-4,6,11,18H,1-2,5,7H2,(H,19,20). The molecule has 0 aliphatic carbocycles. The normalized spacial score (nSPS) is 19.1. The highest BCUT2D eigenvalue weighted by Gasteiger charge is 2.34. The summed E-state index contributed by atoms with van der Waals surface area (Å²) in [4.78, 5) is 11.7. The molecule has 1 aliphatic rings. The summed E-state index contributed by atoms with van der Waals surface area (Å²) >= 11 is 0. The maximum Gasteiger partial charge on any atom is 0.416 e. The molecular formula is C13H14F4N2O. The predicted octanol–water partition coefficient (Wildman–Crippen LogP) is 2.21. The fourth-order valence-electron chi connectivity index (χ4n) is 2.18. The average Bonchev–Trinajstić information content (AvgIpc) is 2.89. The zero-order valence-electron chi connectivity index (χ0n) is 10.6. The van der Waals surface area contributed by atoms with Crippen LogP contribution in [0.25, 0.3) is 0 Å². The molecule has 1 unspecified atom stereocenters. The van der Waals surface area contributed by atoms with E-state index in [-0.39, 0.29) is 24.1 Å². The number of carbonyl (C=O) groups is 1. The highest BCUT2D eigenvalue weighted by molar-refractivity contribution is 5.82. The molecule has 1 aromatic rings. The molecule has 1 fully saturated rings. The average molecular weight is 290 g/mol. The number of halogens is 4. The van der Waals surface area contributed by atoms with Crippen LogP contribution in [0.1, 0.15) is 24.0 Å². The van der Waals surface area contributed by atoms with E-state index in [1.165, 1.54) is 0 Å². The Kier molecular flexibility index (Phi) is 4.27. The molecule has 0 bridgehead atoms. The van der Waals surface area contributed by atoms with Crippen molar-refractivity contribution < 1.29 is 22.4 Å². The SMILES string of the molecule is O=C(NCc1ccc(F)cc1C(F)(F)F)C1CCCN1. The highest BCUT2D eigenvalue weighted by atomic mass is 19.4. The number of hydrogen-bond donors (Lipinski definition) is 2. The predicted molar refractivity (Wildman–Crippen MR) is 64.3 cm³/mol. The molecule has 0 aromatic heterocycles. The summed E-state index contributed by atoms with van der Waals surface area (Å²) in [5.74, 6) is -1.29. The summed E-state index contributed by atoms with van der Waals surface area (Å²) in [5.41, 5.74) is -1.21. The summed E-state index contributed by atoms with van der Waals surface area (Å²) in [7, 11) is 0. The van der Waals surface area contributed by atoms with Crippen molar-refractivity contribution in [3.8, 4) is 0 Å². The van der Waals surface area contributed by atoms with Crippen LogP contribution in [0.4, 0.5) is 17.6 Å².